The number of aromatic nitrogens is 1. The Morgan fingerprint density at radius 1 is 1.60 bits per heavy atom. The molecule has 0 saturated heterocycles. The highest BCUT2D eigenvalue weighted by molar-refractivity contribution is 6.17. The predicted octanol–water partition coefficient (Wildman–Crippen LogP) is 3.13. The molecule has 80 valence electrons. The highest BCUT2D eigenvalue weighted by atomic mass is 35.5. The van der Waals surface area contributed by atoms with E-state index in [-0.39, 0.29) is 18.0 Å². The van der Waals surface area contributed by atoms with Crippen LogP contribution < -0.4 is 0 Å². The molecule has 0 unspecified atom stereocenters. The van der Waals surface area contributed by atoms with Gasteiger partial charge >= 0.3 is 0 Å². The third-order valence-electron chi connectivity index (χ3n) is 2.12. The van der Waals surface area contributed by atoms with E-state index >= 15 is 0 Å². The molecule has 0 N–H and O–H groups in total. The Morgan fingerprint density at radius 2 is 2.27 bits per heavy atom. The lowest BCUT2D eigenvalue weighted by molar-refractivity contribution is 0.145. The maximum absolute atomic E-state index is 12.4. The predicted molar refractivity (Wildman–Crippen MR) is 52.8 cm³/mol. The van der Waals surface area contributed by atoms with E-state index < -0.39 is 6.43 Å². The fourth-order valence-electron chi connectivity index (χ4n) is 1.25. The van der Waals surface area contributed by atoms with E-state index in [0.717, 1.165) is 5.56 Å². The van der Waals surface area contributed by atoms with Gasteiger partial charge in [0.05, 0.1) is 24.1 Å². The molecule has 0 bridgehead atoms. The molecule has 0 atom stereocenters. The van der Waals surface area contributed by atoms with E-state index in [9.17, 15) is 8.78 Å². The molecule has 2 nitrogen and oxygen atoms in total. The second-order valence-corrected chi connectivity index (χ2v) is 3.31. The van der Waals surface area contributed by atoms with E-state index in [0.29, 0.717) is 11.3 Å². The molecule has 0 radical (unpaired) electrons. The lowest BCUT2D eigenvalue weighted by Crippen LogP contribution is -2.02. The first-order chi connectivity index (χ1) is 7.10. The van der Waals surface area contributed by atoms with Gasteiger partial charge in [0, 0.05) is 0 Å². The molecule has 0 saturated carbocycles. The summed E-state index contributed by atoms with van der Waals surface area (Å²) < 4.78 is 24.9. The van der Waals surface area contributed by atoms with Gasteiger partial charge in [-0.3, -0.25) is 4.98 Å². The van der Waals surface area contributed by atoms with Crippen LogP contribution in [-0.2, 0) is 12.3 Å². The lowest BCUT2D eigenvalue weighted by atomic mass is 10.0. The van der Waals surface area contributed by atoms with Gasteiger partial charge in [0.15, 0.2) is 0 Å². The van der Waals surface area contributed by atoms with Gasteiger partial charge in [-0.2, -0.15) is 5.26 Å². The van der Waals surface area contributed by atoms with Gasteiger partial charge in [-0.1, -0.05) is 0 Å². The standard InChI is InChI=1S/C10H9ClF2N2/c1-6-7(2-3-14)4-8(10(12)13)15-9(6)5-11/h4,10H,2,5H2,1H3. The highest BCUT2D eigenvalue weighted by Crippen LogP contribution is 2.22. The van der Waals surface area contributed by atoms with Gasteiger partial charge in [0.1, 0.15) is 5.69 Å². The summed E-state index contributed by atoms with van der Waals surface area (Å²) >= 11 is 5.59. The number of nitrogens with zero attached hydrogens (tertiary/aromatic N) is 2. The Kier molecular flexibility index (Phi) is 3.98. The van der Waals surface area contributed by atoms with Crippen molar-refractivity contribution in [3.63, 3.8) is 0 Å². The minimum absolute atomic E-state index is 0.0742. The van der Waals surface area contributed by atoms with Crippen LogP contribution in [0.4, 0.5) is 8.78 Å². The molecule has 0 amide bonds. The molecule has 0 aromatic carbocycles. The lowest BCUT2D eigenvalue weighted by Gasteiger charge is -2.09. The summed E-state index contributed by atoms with van der Waals surface area (Å²) in [6, 6.07) is 3.19. The second-order valence-electron chi connectivity index (χ2n) is 3.05. The maximum Gasteiger partial charge on any atom is 0.280 e. The van der Waals surface area contributed by atoms with E-state index in [1.165, 1.54) is 6.07 Å². The molecule has 5 heteroatoms. The third-order valence-corrected chi connectivity index (χ3v) is 2.37. The summed E-state index contributed by atoms with van der Waals surface area (Å²) in [5, 5.41) is 8.55. The van der Waals surface area contributed by atoms with Crippen LogP contribution in [-0.4, -0.2) is 4.98 Å². The van der Waals surface area contributed by atoms with Gasteiger partial charge < -0.3 is 0 Å². The number of halogens is 3. The SMILES string of the molecule is Cc1c(CC#N)cc(C(F)F)nc1CCl. The first kappa shape index (κ1) is 11.9. The first-order valence-electron chi connectivity index (χ1n) is 4.30. The van der Waals surface area contributed by atoms with Crippen molar-refractivity contribution >= 4 is 11.6 Å². The Labute approximate surface area is 91.5 Å². The molecule has 0 aliphatic rings. The van der Waals surface area contributed by atoms with Gasteiger partial charge in [-0.05, 0) is 24.1 Å². The van der Waals surface area contributed by atoms with Crippen LogP contribution in [0.1, 0.15) is 28.9 Å². The normalized spacial score (nSPS) is 10.4. The average molecular weight is 231 g/mol. The van der Waals surface area contributed by atoms with Gasteiger partial charge in [-0.15, -0.1) is 11.6 Å². The fourth-order valence-corrected chi connectivity index (χ4v) is 1.51. The van der Waals surface area contributed by atoms with E-state index in [4.69, 9.17) is 16.9 Å². The van der Waals surface area contributed by atoms with E-state index in [2.05, 4.69) is 4.98 Å². The van der Waals surface area contributed by atoms with Gasteiger partial charge in [0.2, 0.25) is 0 Å². The molecule has 0 spiro atoms. The quantitative estimate of drug-likeness (QED) is 0.748. The summed E-state index contributed by atoms with van der Waals surface area (Å²) in [5.41, 5.74) is 1.38. The first-order valence-corrected chi connectivity index (χ1v) is 4.84. The summed E-state index contributed by atoms with van der Waals surface area (Å²) in [7, 11) is 0. The van der Waals surface area contributed by atoms with Crippen LogP contribution in [0, 0.1) is 18.3 Å². The molecular weight excluding hydrogens is 222 g/mol. The zero-order chi connectivity index (χ0) is 11.4. The summed E-state index contributed by atoms with van der Waals surface area (Å²) in [6.45, 7) is 1.73. The molecule has 0 aliphatic heterocycles. The van der Waals surface area contributed by atoms with Crippen molar-refractivity contribution < 1.29 is 8.78 Å². The molecule has 1 aromatic heterocycles. The van der Waals surface area contributed by atoms with Crippen LogP contribution in [0.5, 0.6) is 0 Å². The van der Waals surface area contributed by atoms with Crippen molar-refractivity contribution in [1.29, 1.82) is 5.26 Å². The number of hydrogen-bond donors (Lipinski definition) is 0. The van der Waals surface area contributed by atoms with Crippen LogP contribution >= 0.6 is 11.6 Å². The Hall–Kier alpha value is -1.21. The summed E-state index contributed by atoms with van der Waals surface area (Å²) in [5.74, 6) is 0.0742. The summed E-state index contributed by atoms with van der Waals surface area (Å²) in [6.07, 6.45) is -2.54. The maximum atomic E-state index is 12.4. The van der Waals surface area contributed by atoms with Crippen molar-refractivity contribution in [1.82, 2.24) is 4.98 Å². The van der Waals surface area contributed by atoms with Crippen molar-refractivity contribution in [3.8, 4) is 6.07 Å². The monoisotopic (exact) mass is 230 g/mol. The summed E-state index contributed by atoms with van der Waals surface area (Å²) in [4.78, 5) is 3.74. The molecule has 1 heterocycles. The van der Waals surface area contributed by atoms with E-state index in [1.54, 1.807) is 6.92 Å². The Bertz CT molecular complexity index is 399. The van der Waals surface area contributed by atoms with Crippen LogP contribution in [0.15, 0.2) is 6.07 Å². The number of alkyl halides is 3. The van der Waals surface area contributed by atoms with Crippen LogP contribution in [0.2, 0.25) is 0 Å². The van der Waals surface area contributed by atoms with Crippen molar-refractivity contribution in [2.75, 3.05) is 0 Å². The number of rotatable bonds is 3. The zero-order valence-electron chi connectivity index (χ0n) is 8.10. The minimum atomic E-state index is -2.63. The second kappa shape index (κ2) is 5.04. The average Bonchev–Trinajstić information content (AvgIpc) is 2.21. The molecule has 1 aromatic rings. The highest BCUT2D eigenvalue weighted by Gasteiger charge is 2.14. The molecule has 15 heavy (non-hydrogen) atoms. The van der Waals surface area contributed by atoms with Crippen molar-refractivity contribution in [3.05, 3.63) is 28.6 Å². The zero-order valence-corrected chi connectivity index (χ0v) is 8.85. The van der Waals surface area contributed by atoms with Crippen molar-refractivity contribution in [2.45, 2.75) is 25.7 Å². The topological polar surface area (TPSA) is 36.7 Å². The molecular formula is C10H9ClF2N2. The third kappa shape index (κ3) is 2.63. The molecule has 0 fully saturated rings. The number of hydrogen-bond acceptors (Lipinski definition) is 2. The van der Waals surface area contributed by atoms with Crippen LogP contribution in [0.3, 0.4) is 0 Å². The number of pyridine rings is 1. The number of nitriles is 1. The largest absolute Gasteiger partial charge is 0.280 e. The van der Waals surface area contributed by atoms with Crippen LogP contribution in [0.25, 0.3) is 0 Å². The van der Waals surface area contributed by atoms with Crippen molar-refractivity contribution in [2.24, 2.45) is 0 Å². The fraction of sp³-hybridized carbons (Fsp3) is 0.400. The molecule has 0 aliphatic carbocycles. The van der Waals surface area contributed by atoms with Gasteiger partial charge in [0.25, 0.3) is 6.43 Å². The minimum Gasteiger partial charge on any atom is -0.250 e. The molecule has 1 rings (SSSR count). The Balaban J connectivity index is 3.26. The van der Waals surface area contributed by atoms with Gasteiger partial charge in [-0.25, -0.2) is 8.78 Å². The Morgan fingerprint density at radius 3 is 2.73 bits per heavy atom. The smallest absolute Gasteiger partial charge is 0.250 e. The van der Waals surface area contributed by atoms with E-state index in [1.807, 2.05) is 6.07 Å².